The van der Waals surface area contributed by atoms with Crippen LogP contribution >= 0.6 is 11.3 Å². The minimum Gasteiger partial charge on any atom is -0.494 e. The monoisotopic (exact) mass is 473 g/mol. The Morgan fingerprint density at radius 2 is 1.53 bits per heavy atom. The van der Waals surface area contributed by atoms with Gasteiger partial charge in [-0.15, -0.1) is 0 Å². The van der Waals surface area contributed by atoms with E-state index in [9.17, 15) is 9.59 Å². The number of anilines is 1. The number of para-hydroxylation sites is 1. The van der Waals surface area contributed by atoms with Crippen molar-refractivity contribution in [3.63, 3.8) is 0 Å². The van der Waals surface area contributed by atoms with Gasteiger partial charge in [-0.3, -0.25) is 14.5 Å². The molecule has 1 heterocycles. The van der Waals surface area contributed by atoms with Gasteiger partial charge in [0.25, 0.3) is 5.91 Å². The van der Waals surface area contributed by atoms with E-state index in [-0.39, 0.29) is 11.7 Å². The van der Waals surface area contributed by atoms with Gasteiger partial charge in [-0.05, 0) is 51.3 Å². The molecule has 0 spiro atoms. The Hall–Kier alpha value is -3.55. The molecule has 0 N–H and O–H groups in total. The van der Waals surface area contributed by atoms with E-state index in [4.69, 9.17) is 9.72 Å². The quantitative estimate of drug-likeness (QED) is 0.315. The molecule has 0 atom stereocenters. The lowest BCUT2D eigenvalue weighted by atomic mass is 10.0. The molecular formula is C27H27N3O3S. The average Bonchev–Trinajstić information content (AvgIpc) is 3.30. The van der Waals surface area contributed by atoms with Crippen LogP contribution in [0.2, 0.25) is 0 Å². The number of fused-ring (bicyclic) bond motifs is 1. The smallest absolute Gasteiger partial charge is 0.260 e. The minimum atomic E-state index is -0.143. The Labute approximate surface area is 203 Å². The number of methoxy groups -OCH3 is 1. The van der Waals surface area contributed by atoms with Crippen LogP contribution in [0.4, 0.5) is 5.13 Å². The summed E-state index contributed by atoms with van der Waals surface area (Å²) in [6.45, 7) is 1.38. The third kappa shape index (κ3) is 5.16. The Bertz CT molecular complexity index is 1280. The van der Waals surface area contributed by atoms with Crippen LogP contribution in [-0.4, -0.2) is 55.9 Å². The molecule has 4 rings (SSSR count). The number of hydrogen-bond acceptors (Lipinski definition) is 6. The molecular weight excluding hydrogens is 446 g/mol. The summed E-state index contributed by atoms with van der Waals surface area (Å²) in [5, 5.41) is 0.632. The lowest BCUT2D eigenvalue weighted by Crippen LogP contribution is -2.33. The van der Waals surface area contributed by atoms with Crippen LogP contribution in [0, 0.1) is 0 Å². The predicted octanol–water partition coefficient (Wildman–Crippen LogP) is 5.13. The molecule has 0 saturated carbocycles. The van der Waals surface area contributed by atoms with Crippen molar-refractivity contribution in [2.24, 2.45) is 0 Å². The van der Waals surface area contributed by atoms with Crippen molar-refractivity contribution < 1.29 is 14.3 Å². The molecule has 1 aromatic heterocycles. The Morgan fingerprint density at radius 1 is 0.853 bits per heavy atom. The third-order valence-corrected chi connectivity index (χ3v) is 6.53. The first kappa shape index (κ1) is 23.6. The number of ketones is 1. The van der Waals surface area contributed by atoms with Gasteiger partial charge in [-0.1, -0.05) is 59.9 Å². The van der Waals surface area contributed by atoms with Gasteiger partial charge in [0, 0.05) is 23.2 Å². The first-order chi connectivity index (χ1) is 16.5. The van der Waals surface area contributed by atoms with Crippen molar-refractivity contribution >= 4 is 38.4 Å². The fourth-order valence-corrected chi connectivity index (χ4v) is 4.70. The van der Waals surface area contributed by atoms with Gasteiger partial charge in [-0.25, -0.2) is 4.98 Å². The number of benzene rings is 3. The molecule has 0 saturated heterocycles. The number of nitrogens with zero attached hydrogens (tertiary/aromatic N) is 3. The second-order valence-corrected chi connectivity index (χ2v) is 9.20. The van der Waals surface area contributed by atoms with Crippen LogP contribution < -0.4 is 9.64 Å². The van der Waals surface area contributed by atoms with Gasteiger partial charge in [0.15, 0.2) is 10.9 Å². The first-order valence-corrected chi connectivity index (χ1v) is 11.9. The maximum atomic E-state index is 13.6. The van der Waals surface area contributed by atoms with E-state index < -0.39 is 0 Å². The maximum Gasteiger partial charge on any atom is 0.260 e. The summed E-state index contributed by atoms with van der Waals surface area (Å²) in [5.41, 5.74) is 2.43. The maximum absolute atomic E-state index is 13.6. The van der Waals surface area contributed by atoms with Gasteiger partial charge in [0.1, 0.15) is 11.3 Å². The predicted molar refractivity (Wildman–Crippen MR) is 137 cm³/mol. The first-order valence-electron chi connectivity index (χ1n) is 11.1. The molecule has 0 aliphatic heterocycles. The molecule has 0 aliphatic carbocycles. The molecule has 6 nitrogen and oxygen atoms in total. The fraction of sp³-hybridized carbons (Fsp3) is 0.222. The number of aromatic nitrogens is 1. The summed E-state index contributed by atoms with van der Waals surface area (Å²) in [6.07, 6.45) is 0.802. The van der Waals surface area contributed by atoms with E-state index in [2.05, 4.69) is 4.90 Å². The molecule has 0 radical (unpaired) electrons. The van der Waals surface area contributed by atoms with Gasteiger partial charge in [-0.2, -0.15) is 0 Å². The molecule has 3 aromatic carbocycles. The summed E-state index contributed by atoms with van der Waals surface area (Å²) in [7, 11) is 5.64. The lowest BCUT2D eigenvalue weighted by molar-refractivity contribution is 0.0983. The molecule has 0 unspecified atom stereocenters. The zero-order chi connectivity index (χ0) is 24.1. The standard InChI is InChI=1S/C27H27N3O3S/c1-29(2)17-8-18-30(27-28-24-22(33-3)11-7-12-23(24)34-27)26(32)21-15-13-20(14-16-21)25(31)19-9-5-4-6-10-19/h4-7,9-16H,8,17-18H2,1-3H3. The SMILES string of the molecule is COc1cccc2sc(N(CCCN(C)C)C(=O)c3ccc(C(=O)c4ccccc4)cc3)nc12. The highest BCUT2D eigenvalue weighted by Crippen LogP contribution is 2.34. The number of carbonyl (C=O) groups excluding carboxylic acids is 2. The lowest BCUT2D eigenvalue weighted by Gasteiger charge is -2.21. The van der Waals surface area contributed by atoms with E-state index in [1.807, 2.05) is 50.5 Å². The van der Waals surface area contributed by atoms with Gasteiger partial charge >= 0.3 is 0 Å². The Morgan fingerprint density at radius 3 is 2.21 bits per heavy atom. The molecule has 4 aromatic rings. The molecule has 174 valence electrons. The van der Waals surface area contributed by atoms with Crippen LogP contribution in [0.1, 0.15) is 32.7 Å². The van der Waals surface area contributed by atoms with Crippen molar-refractivity contribution in [3.05, 3.63) is 89.5 Å². The number of thiazole rings is 1. The molecule has 34 heavy (non-hydrogen) atoms. The van der Waals surface area contributed by atoms with Gasteiger partial charge in [0.05, 0.1) is 11.8 Å². The highest BCUT2D eigenvalue weighted by Gasteiger charge is 2.22. The van der Waals surface area contributed by atoms with Gasteiger partial charge < -0.3 is 9.64 Å². The van der Waals surface area contributed by atoms with Crippen LogP contribution in [0.25, 0.3) is 10.2 Å². The van der Waals surface area contributed by atoms with Crippen molar-refractivity contribution in [1.29, 1.82) is 0 Å². The van der Waals surface area contributed by atoms with E-state index in [1.165, 1.54) is 11.3 Å². The summed E-state index contributed by atoms with van der Waals surface area (Å²) >= 11 is 1.47. The summed E-state index contributed by atoms with van der Waals surface area (Å²) in [5.74, 6) is 0.473. The van der Waals surface area contributed by atoms with E-state index in [1.54, 1.807) is 48.4 Å². The summed E-state index contributed by atoms with van der Waals surface area (Å²) in [6, 6.07) is 21.7. The highest BCUT2D eigenvalue weighted by molar-refractivity contribution is 7.22. The molecule has 7 heteroatoms. The molecule has 0 fully saturated rings. The van der Waals surface area contributed by atoms with Crippen molar-refractivity contribution in [2.75, 3.05) is 39.2 Å². The number of carbonyl (C=O) groups is 2. The third-order valence-electron chi connectivity index (χ3n) is 5.48. The fourth-order valence-electron chi connectivity index (χ4n) is 3.70. The van der Waals surface area contributed by atoms with Gasteiger partial charge in [0.2, 0.25) is 0 Å². The van der Waals surface area contributed by atoms with E-state index >= 15 is 0 Å². The largest absolute Gasteiger partial charge is 0.494 e. The number of ether oxygens (including phenoxy) is 1. The normalized spacial score (nSPS) is 11.1. The van der Waals surface area contributed by atoms with E-state index in [0.29, 0.717) is 34.1 Å². The zero-order valence-corrected chi connectivity index (χ0v) is 20.3. The van der Waals surface area contributed by atoms with Crippen LogP contribution in [0.3, 0.4) is 0 Å². The number of rotatable bonds is 9. The van der Waals surface area contributed by atoms with Crippen LogP contribution in [-0.2, 0) is 0 Å². The second-order valence-electron chi connectivity index (χ2n) is 8.19. The zero-order valence-electron chi connectivity index (χ0n) is 19.5. The topological polar surface area (TPSA) is 62.7 Å². The summed E-state index contributed by atoms with van der Waals surface area (Å²) in [4.78, 5) is 34.9. The van der Waals surface area contributed by atoms with Crippen molar-refractivity contribution in [3.8, 4) is 5.75 Å². The van der Waals surface area contributed by atoms with Crippen molar-refractivity contribution in [2.45, 2.75) is 6.42 Å². The Balaban J connectivity index is 1.62. The van der Waals surface area contributed by atoms with Crippen molar-refractivity contribution in [1.82, 2.24) is 9.88 Å². The average molecular weight is 474 g/mol. The number of hydrogen-bond donors (Lipinski definition) is 0. The Kier molecular flexibility index (Phi) is 7.35. The highest BCUT2D eigenvalue weighted by atomic mass is 32.1. The van der Waals surface area contributed by atoms with Crippen LogP contribution in [0.5, 0.6) is 5.75 Å². The second kappa shape index (κ2) is 10.6. The summed E-state index contributed by atoms with van der Waals surface area (Å²) < 4.78 is 6.41. The van der Waals surface area contributed by atoms with E-state index in [0.717, 1.165) is 23.2 Å². The molecule has 0 aliphatic rings. The number of amides is 1. The molecule has 0 bridgehead atoms. The minimum absolute atomic E-state index is 0.0688. The molecule has 1 amide bonds. The van der Waals surface area contributed by atoms with Crippen LogP contribution in [0.15, 0.2) is 72.8 Å².